The largest absolute Gasteiger partial charge is 0.359 e. The van der Waals surface area contributed by atoms with Crippen LogP contribution >= 0.6 is 22.9 Å². The van der Waals surface area contributed by atoms with Gasteiger partial charge in [-0.15, -0.1) is 11.3 Å². The smallest absolute Gasteiger partial charge is 0.227 e. The molecule has 1 aromatic rings. The van der Waals surface area contributed by atoms with Crippen molar-refractivity contribution >= 4 is 34.6 Å². The summed E-state index contributed by atoms with van der Waals surface area (Å²) >= 11 is 7.18. The lowest BCUT2D eigenvalue weighted by molar-refractivity contribution is -0.129. The summed E-state index contributed by atoms with van der Waals surface area (Å²) in [6.45, 7) is 5.21. The number of ketones is 1. The fourth-order valence-electron chi connectivity index (χ4n) is 2.63. The first-order valence-electron chi connectivity index (χ1n) is 6.63. The van der Waals surface area contributed by atoms with Crippen molar-refractivity contribution in [3.8, 4) is 0 Å². The number of rotatable bonds is 4. The van der Waals surface area contributed by atoms with E-state index >= 15 is 0 Å². The Morgan fingerprint density at radius 2 is 2.20 bits per heavy atom. The normalized spacial score (nSPS) is 24.6. The van der Waals surface area contributed by atoms with Crippen molar-refractivity contribution in [2.24, 2.45) is 5.41 Å². The molecule has 1 aliphatic rings. The van der Waals surface area contributed by atoms with Crippen LogP contribution in [0.25, 0.3) is 0 Å². The number of likely N-dealkylation sites (tertiary alicyclic amines) is 1. The van der Waals surface area contributed by atoms with Crippen molar-refractivity contribution in [3.05, 3.63) is 21.3 Å². The van der Waals surface area contributed by atoms with Crippen LogP contribution in [0.4, 0.5) is 0 Å². The second kappa shape index (κ2) is 5.84. The molecule has 20 heavy (non-hydrogen) atoms. The van der Waals surface area contributed by atoms with Gasteiger partial charge < -0.3 is 5.32 Å². The molecule has 0 aromatic carbocycles. The summed E-state index contributed by atoms with van der Waals surface area (Å²) in [4.78, 5) is 27.1. The standard InChI is InChI=1S/C14H19ClN2O2S/c1-9(12(18)10-4-5-11(15)20-10)17-7-6-14(2,8-17)13(19)16-3/h4-5,9H,6-8H2,1-3H3,(H,16,19). The van der Waals surface area contributed by atoms with Gasteiger partial charge in [0.15, 0.2) is 5.78 Å². The maximum atomic E-state index is 12.4. The van der Waals surface area contributed by atoms with Gasteiger partial charge in [0.1, 0.15) is 0 Å². The van der Waals surface area contributed by atoms with Crippen molar-refractivity contribution < 1.29 is 9.59 Å². The number of halogens is 1. The lowest BCUT2D eigenvalue weighted by Gasteiger charge is -2.26. The molecule has 1 aliphatic heterocycles. The summed E-state index contributed by atoms with van der Waals surface area (Å²) < 4.78 is 0.622. The van der Waals surface area contributed by atoms with Gasteiger partial charge in [0.2, 0.25) is 5.91 Å². The Labute approximate surface area is 128 Å². The zero-order chi connectivity index (χ0) is 14.9. The van der Waals surface area contributed by atoms with Gasteiger partial charge in [-0.05, 0) is 38.9 Å². The van der Waals surface area contributed by atoms with E-state index in [-0.39, 0.29) is 17.7 Å². The summed E-state index contributed by atoms with van der Waals surface area (Å²) in [5.74, 6) is 0.113. The number of Topliss-reactive ketones (excluding diaryl/α,β-unsaturated/α-hetero) is 1. The minimum absolute atomic E-state index is 0.0406. The van der Waals surface area contributed by atoms with Gasteiger partial charge in [-0.2, -0.15) is 0 Å². The van der Waals surface area contributed by atoms with Gasteiger partial charge in [-0.25, -0.2) is 0 Å². The van der Waals surface area contributed by atoms with Crippen molar-refractivity contribution in [2.45, 2.75) is 26.3 Å². The Kier molecular flexibility index (Phi) is 4.52. The average molecular weight is 315 g/mol. The number of carbonyl (C=O) groups is 2. The molecule has 0 bridgehead atoms. The third-order valence-electron chi connectivity index (χ3n) is 4.02. The first-order valence-corrected chi connectivity index (χ1v) is 7.82. The van der Waals surface area contributed by atoms with Crippen LogP contribution in [0.15, 0.2) is 12.1 Å². The molecule has 0 radical (unpaired) electrons. The van der Waals surface area contributed by atoms with Crippen LogP contribution in [-0.2, 0) is 4.79 Å². The summed E-state index contributed by atoms with van der Waals surface area (Å²) in [5.41, 5.74) is -0.406. The van der Waals surface area contributed by atoms with Crippen molar-refractivity contribution in [1.82, 2.24) is 10.2 Å². The van der Waals surface area contributed by atoms with Crippen LogP contribution in [0, 0.1) is 5.41 Å². The highest BCUT2D eigenvalue weighted by Gasteiger charge is 2.42. The highest BCUT2D eigenvalue weighted by molar-refractivity contribution is 7.18. The number of nitrogens with zero attached hydrogens (tertiary/aromatic N) is 1. The van der Waals surface area contributed by atoms with Gasteiger partial charge in [-0.3, -0.25) is 14.5 Å². The van der Waals surface area contributed by atoms with Gasteiger partial charge >= 0.3 is 0 Å². The molecule has 4 nitrogen and oxygen atoms in total. The molecule has 1 N–H and O–H groups in total. The van der Waals surface area contributed by atoms with Gasteiger partial charge in [0.25, 0.3) is 0 Å². The third kappa shape index (κ3) is 2.90. The maximum absolute atomic E-state index is 12.4. The van der Waals surface area contributed by atoms with E-state index in [0.29, 0.717) is 15.8 Å². The lowest BCUT2D eigenvalue weighted by atomic mass is 9.89. The molecule has 0 saturated carbocycles. The van der Waals surface area contributed by atoms with Crippen molar-refractivity contribution in [3.63, 3.8) is 0 Å². The van der Waals surface area contributed by atoms with E-state index in [0.717, 1.165) is 13.0 Å². The molecular weight excluding hydrogens is 296 g/mol. The van der Waals surface area contributed by atoms with Gasteiger partial charge in [0, 0.05) is 13.6 Å². The molecule has 0 spiro atoms. The molecule has 0 aliphatic carbocycles. The van der Waals surface area contributed by atoms with Crippen molar-refractivity contribution in [1.29, 1.82) is 0 Å². The molecule has 6 heteroatoms. The van der Waals surface area contributed by atoms with E-state index in [4.69, 9.17) is 11.6 Å². The number of carbonyl (C=O) groups excluding carboxylic acids is 2. The predicted octanol–water partition coefficient (Wildman–Crippen LogP) is 2.43. The Bertz CT molecular complexity index is 531. The number of hydrogen-bond acceptors (Lipinski definition) is 4. The van der Waals surface area contributed by atoms with Gasteiger partial charge in [0.05, 0.1) is 20.7 Å². The molecule has 2 unspecified atom stereocenters. The van der Waals surface area contributed by atoms with E-state index in [1.807, 2.05) is 13.8 Å². The summed E-state index contributed by atoms with van der Waals surface area (Å²) in [5, 5.41) is 2.71. The molecule has 110 valence electrons. The third-order valence-corrected chi connectivity index (χ3v) is 5.27. The van der Waals surface area contributed by atoms with Crippen molar-refractivity contribution in [2.75, 3.05) is 20.1 Å². The summed E-state index contributed by atoms with van der Waals surface area (Å²) in [7, 11) is 1.65. The Morgan fingerprint density at radius 1 is 1.50 bits per heavy atom. The number of hydrogen-bond donors (Lipinski definition) is 1. The SMILES string of the molecule is CNC(=O)C1(C)CCN(C(C)C(=O)c2ccc(Cl)s2)C1. The van der Waals surface area contributed by atoms with E-state index in [9.17, 15) is 9.59 Å². The van der Waals surface area contributed by atoms with Crippen LogP contribution < -0.4 is 5.32 Å². The fraction of sp³-hybridized carbons (Fsp3) is 0.571. The Hall–Kier alpha value is -0.910. The zero-order valence-corrected chi connectivity index (χ0v) is 13.5. The summed E-state index contributed by atoms with van der Waals surface area (Å²) in [6.07, 6.45) is 0.773. The highest BCUT2D eigenvalue weighted by atomic mass is 35.5. The topological polar surface area (TPSA) is 49.4 Å². The monoisotopic (exact) mass is 314 g/mol. The summed E-state index contributed by atoms with van der Waals surface area (Å²) in [6, 6.07) is 3.28. The van der Waals surface area contributed by atoms with Crippen LogP contribution in [0.3, 0.4) is 0 Å². The second-order valence-electron chi connectivity index (χ2n) is 5.50. The Balaban J connectivity index is 2.06. The predicted molar refractivity (Wildman–Crippen MR) is 81.5 cm³/mol. The van der Waals surface area contributed by atoms with Crippen LogP contribution in [0.2, 0.25) is 4.34 Å². The van der Waals surface area contributed by atoms with Crippen LogP contribution in [0.5, 0.6) is 0 Å². The average Bonchev–Trinajstić information content (AvgIpc) is 3.03. The minimum Gasteiger partial charge on any atom is -0.359 e. The molecule has 1 aromatic heterocycles. The second-order valence-corrected chi connectivity index (χ2v) is 7.22. The molecule has 2 heterocycles. The Morgan fingerprint density at radius 3 is 2.75 bits per heavy atom. The minimum atomic E-state index is -0.406. The molecule has 1 saturated heterocycles. The molecule has 2 atom stereocenters. The molecule has 1 fully saturated rings. The first-order chi connectivity index (χ1) is 9.37. The number of thiophene rings is 1. The molecule has 2 rings (SSSR count). The number of amides is 1. The lowest BCUT2D eigenvalue weighted by Crippen LogP contribution is -2.42. The molecular formula is C14H19ClN2O2S. The van der Waals surface area contributed by atoms with Crippen LogP contribution in [-0.4, -0.2) is 42.8 Å². The molecule has 1 amide bonds. The van der Waals surface area contributed by atoms with E-state index in [2.05, 4.69) is 10.2 Å². The highest BCUT2D eigenvalue weighted by Crippen LogP contribution is 2.32. The van der Waals surface area contributed by atoms with Crippen LogP contribution in [0.1, 0.15) is 29.9 Å². The van der Waals surface area contributed by atoms with E-state index in [1.165, 1.54) is 11.3 Å². The quantitative estimate of drug-likeness (QED) is 0.868. The maximum Gasteiger partial charge on any atom is 0.227 e. The number of nitrogens with one attached hydrogen (secondary N) is 1. The van der Waals surface area contributed by atoms with Gasteiger partial charge in [-0.1, -0.05) is 11.6 Å². The van der Waals surface area contributed by atoms with E-state index in [1.54, 1.807) is 19.2 Å². The first kappa shape index (κ1) is 15.5. The fourth-order valence-corrected chi connectivity index (χ4v) is 3.70. The van der Waals surface area contributed by atoms with E-state index < -0.39 is 5.41 Å². The zero-order valence-electron chi connectivity index (χ0n) is 11.9.